The largest absolute Gasteiger partial charge is 0.330 e. The van der Waals surface area contributed by atoms with Crippen LogP contribution in [0.2, 0.25) is 0 Å². The van der Waals surface area contributed by atoms with E-state index in [4.69, 9.17) is 0 Å². The number of carbonyl (C=O) groups excluding carboxylic acids is 1. The molecule has 0 fully saturated rings. The van der Waals surface area contributed by atoms with E-state index in [1.807, 2.05) is 6.92 Å². The van der Waals surface area contributed by atoms with Crippen LogP contribution in [-0.4, -0.2) is 43.4 Å². The van der Waals surface area contributed by atoms with Gasteiger partial charge in [0, 0.05) is 48.6 Å². The fourth-order valence-electron chi connectivity index (χ4n) is 4.78. The Morgan fingerprint density at radius 2 is 1.94 bits per heavy atom. The zero-order chi connectivity index (χ0) is 23.3. The summed E-state index contributed by atoms with van der Waals surface area (Å²) in [5, 5.41) is 5.28. The molecule has 1 aliphatic heterocycles. The average Bonchev–Trinajstić information content (AvgIpc) is 3.34. The second kappa shape index (κ2) is 8.06. The highest BCUT2D eigenvalue weighted by Crippen LogP contribution is 2.37. The predicted octanol–water partition coefficient (Wildman–Crippen LogP) is 4.44. The number of fused-ring (bicyclic) bond motifs is 2. The summed E-state index contributed by atoms with van der Waals surface area (Å²) in [5.41, 5.74) is 3.72. The van der Waals surface area contributed by atoms with Gasteiger partial charge in [0.2, 0.25) is 0 Å². The molecule has 0 N–H and O–H groups in total. The van der Waals surface area contributed by atoms with Crippen LogP contribution in [0.4, 0.5) is 13.2 Å². The molecule has 0 saturated heterocycles. The van der Waals surface area contributed by atoms with Gasteiger partial charge in [-0.3, -0.25) is 9.48 Å². The predicted molar refractivity (Wildman–Crippen MR) is 117 cm³/mol. The number of aryl methyl sites for hydroxylation is 2. The highest BCUT2D eigenvalue weighted by atomic mass is 19.1. The van der Waals surface area contributed by atoms with E-state index in [0.29, 0.717) is 46.5 Å². The van der Waals surface area contributed by atoms with Crippen molar-refractivity contribution in [2.75, 3.05) is 13.2 Å². The first-order chi connectivity index (χ1) is 15.9. The Labute approximate surface area is 188 Å². The van der Waals surface area contributed by atoms with Crippen molar-refractivity contribution in [3.05, 3.63) is 71.2 Å². The first-order valence-electron chi connectivity index (χ1n) is 10.7. The molecule has 4 heterocycles. The summed E-state index contributed by atoms with van der Waals surface area (Å²) in [4.78, 5) is 19.6. The van der Waals surface area contributed by atoms with Crippen molar-refractivity contribution in [1.82, 2.24) is 24.2 Å². The summed E-state index contributed by atoms with van der Waals surface area (Å²) >= 11 is 0. The van der Waals surface area contributed by atoms with Crippen LogP contribution in [0.1, 0.15) is 34.6 Å². The van der Waals surface area contributed by atoms with Gasteiger partial charge in [0.1, 0.15) is 24.0 Å². The molecule has 3 aromatic heterocycles. The molecule has 0 unspecified atom stereocenters. The van der Waals surface area contributed by atoms with Gasteiger partial charge in [-0.1, -0.05) is 0 Å². The number of rotatable bonds is 4. The van der Waals surface area contributed by atoms with Crippen LogP contribution < -0.4 is 0 Å². The number of benzene rings is 1. The molecule has 0 spiro atoms. The summed E-state index contributed by atoms with van der Waals surface area (Å²) in [6, 6.07) is 6.53. The number of halogens is 3. The second-order valence-corrected chi connectivity index (χ2v) is 8.21. The Kier molecular flexibility index (Phi) is 5.19. The van der Waals surface area contributed by atoms with Crippen molar-refractivity contribution in [1.29, 1.82) is 0 Å². The van der Waals surface area contributed by atoms with Crippen LogP contribution in [0.15, 0.2) is 42.7 Å². The fraction of sp³-hybridized carbons (Fsp3) is 0.292. The summed E-state index contributed by atoms with van der Waals surface area (Å²) < 4.78 is 43.8. The molecule has 0 radical (unpaired) electrons. The molecule has 1 amide bonds. The Balaban J connectivity index is 1.51. The van der Waals surface area contributed by atoms with E-state index >= 15 is 0 Å². The standard InChI is InChI=1S/C24H22F3N5O/c1-14-21-20(22(30(2)29-21)15-11-16(26)13-17(27)12-15)5-9-32(14)24(33)19-3-7-28-23-18(19)4-8-31(23)10-6-25/h3-4,7-8,11-14H,5-6,9-10H2,1-2H3/t14-/m0/s1. The molecule has 0 saturated carbocycles. The van der Waals surface area contributed by atoms with Crippen LogP contribution in [0.5, 0.6) is 0 Å². The number of amides is 1. The number of pyridine rings is 1. The van der Waals surface area contributed by atoms with Crippen molar-refractivity contribution in [2.45, 2.75) is 25.9 Å². The Bertz CT molecular complexity index is 1360. The van der Waals surface area contributed by atoms with Gasteiger partial charge in [-0.15, -0.1) is 0 Å². The lowest BCUT2D eigenvalue weighted by atomic mass is 9.95. The topological polar surface area (TPSA) is 56.0 Å². The van der Waals surface area contributed by atoms with Crippen molar-refractivity contribution in [3.8, 4) is 11.3 Å². The molecule has 0 aliphatic carbocycles. The normalized spacial score (nSPS) is 15.8. The summed E-state index contributed by atoms with van der Waals surface area (Å²) in [6.07, 6.45) is 3.79. The number of aromatic nitrogens is 4. The van der Waals surface area contributed by atoms with E-state index in [-0.39, 0.29) is 18.5 Å². The first-order valence-corrected chi connectivity index (χ1v) is 10.7. The molecule has 5 rings (SSSR count). The smallest absolute Gasteiger partial charge is 0.255 e. The number of hydrogen-bond donors (Lipinski definition) is 0. The molecule has 4 aromatic rings. The lowest BCUT2D eigenvalue weighted by Gasteiger charge is -2.33. The summed E-state index contributed by atoms with van der Waals surface area (Å²) in [5.74, 6) is -1.47. The third-order valence-corrected chi connectivity index (χ3v) is 6.26. The van der Waals surface area contributed by atoms with Gasteiger partial charge in [-0.05, 0) is 37.6 Å². The van der Waals surface area contributed by atoms with Crippen molar-refractivity contribution < 1.29 is 18.0 Å². The van der Waals surface area contributed by atoms with E-state index in [0.717, 1.165) is 11.6 Å². The van der Waals surface area contributed by atoms with E-state index < -0.39 is 18.3 Å². The Hall–Kier alpha value is -3.62. The van der Waals surface area contributed by atoms with Crippen LogP contribution in [0, 0.1) is 11.6 Å². The first kappa shape index (κ1) is 21.2. The Morgan fingerprint density at radius 3 is 2.67 bits per heavy atom. The third-order valence-electron chi connectivity index (χ3n) is 6.26. The maximum atomic E-state index is 13.8. The van der Waals surface area contributed by atoms with Crippen LogP contribution >= 0.6 is 0 Å². The van der Waals surface area contributed by atoms with E-state index in [1.165, 1.54) is 12.1 Å². The minimum atomic E-state index is -0.651. The highest BCUT2D eigenvalue weighted by Gasteiger charge is 2.34. The van der Waals surface area contributed by atoms with Crippen LogP contribution in [-0.2, 0) is 20.0 Å². The summed E-state index contributed by atoms with van der Waals surface area (Å²) in [7, 11) is 1.73. The monoisotopic (exact) mass is 453 g/mol. The fourth-order valence-corrected chi connectivity index (χ4v) is 4.78. The number of carbonyl (C=O) groups is 1. The van der Waals surface area contributed by atoms with Crippen molar-refractivity contribution >= 4 is 16.9 Å². The van der Waals surface area contributed by atoms with Gasteiger partial charge in [-0.2, -0.15) is 5.10 Å². The van der Waals surface area contributed by atoms with E-state index in [9.17, 15) is 18.0 Å². The number of nitrogens with zero attached hydrogens (tertiary/aromatic N) is 5. The second-order valence-electron chi connectivity index (χ2n) is 8.21. The van der Waals surface area contributed by atoms with Gasteiger partial charge in [0.05, 0.1) is 29.5 Å². The molecule has 6 nitrogen and oxygen atoms in total. The lowest BCUT2D eigenvalue weighted by molar-refractivity contribution is 0.0675. The highest BCUT2D eigenvalue weighted by molar-refractivity contribution is 6.05. The van der Waals surface area contributed by atoms with E-state index in [1.54, 1.807) is 45.7 Å². The zero-order valence-corrected chi connectivity index (χ0v) is 18.2. The third kappa shape index (κ3) is 3.48. The molecular formula is C24H22F3N5O. The quantitative estimate of drug-likeness (QED) is 0.459. The minimum absolute atomic E-state index is 0.164. The average molecular weight is 453 g/mol. The molecule has 170 valence electrons. The Morgan fingerprint density at radius 1 is 1.18 bits per heavy atom. The molecule has 9 heteroatoms. The molecule has 33 heavy (non-hydrogen) atoms. The van der Waals surface area contributed by atoms with Crippen LogP contribution in [0.25, 0.3) is 22.3 Å². The maximum Gasteiger partial charge on any atom is 0.255 e. The summed E-state index contributed by atoms with van der Waals surface area (Å²) in [6.45, 7) is 1.98. The molecule has 1 aliphatic rings. The SMILES string of the molecule is C[C@H]1c2nn(C)c(-c3cc(F)cc(F)c3)c2CCN1C(=O)c1ccnc2c1ccn2CCF. The van der Waals surface area contributed by atoms with Gasteiger partial charge in [-0.25, -0.2) is 18.2 Å². The van der Waals surface area contributed by atoms with Gasteiger partial charge >= 0.3 is 0 Å². The zero-order valence-electron chi connectivity index (χ0n) is 18.2. The van der Waals surface area contributed by atoms with Gasteiger partial charge in [0.25, 0.3) is 5.91 Å². The van der Waals surface area contributed by atoms with Crippen molar-refractivity contribution in [2.24, 2.45) is 7.05 Å². The maximum absolute atomic E-state index is 13.8. The molecule has 1 atom stereocenters. The minimum Gasteiger partial charge on any atom is -0.330 e. The molecule has 1 aromatic carbocycles. The van der Waals surface area contributed by atoms with Gasteiger partial charge in [0.15, 0.2) is 0 Å². The number of alkyl halides is 1. The van der Waals surface area contributed by atoms with Crippen LogP contribution in [0.3, 0.4) is 0 Å². The number of hydrogen-bond acceptors (Lipinski definition) is 3. The lowest BCUT2D eigenvalue weighted by Crippen LogP contribution is -2.39. The molecule has 0 bridgehead atoms. The molecular weight excluding hydrogens is 431 g/mol. The van der Waals surface area contributed by atoms with Crippen molar-refractivity contribution in [3.63, 3.8) is 0 Å². The van der Waals surface area contributed by atoms with Gasteiger partial charge < -0.3 is 9.47 Å². The van der Waals surface area contributed by atoms with E-state index in [2.05, 4.69) is 10.1 Å².